The topological polar surface area (TPSA) is 95.0 Å². The van der Waals surface area contributed by atoms with Gasteiger partial charge < -0.3 is 10.0 Å². The quantitative estimate of drug-likeness (QED) is 0.797. The maximum Gasteiger partial charge on any atom is 0.323 e. The van der Waals surface area contributed by atoms with Crippen molar-refractivity contribution >= 4 is 21.9 Å². The molecular formula is C19H26N2O5S. The number of hydrogen-bond donors (Lipinski definition) is 1. The number of amides is 1. The van der Waals surface area contributed by atoms with Crippen molar-refractivity contribution in [2.75, 3.05) is 19.6 Å². The maximum absolute atomic E-state index is 13.1. The van der Waals surface area contributed by atoms with Gasteiger partial charge in [-0.3, -0.25) is 9.59 Å². The Morgan fingerprint density at radius 3 is 2.37 bits per heavy atom. The number of carbonyl (C=O) groups is 2. The van der Waals surface area contributed by atoms with Crippen LogP contribution in [0, 0.1) is 11.8 Å². The number of rotatable bonds is 6. The van der Waals surface area contributed by atoms with Crippen LogP contribution in [0.1, 0.15) is 43.5 Å². The average molecular weight is 394 g/mol. The first kappa shape index (κ1) is 19.8. The Morgan fingerprint density at radius 2 is 1.81 bits per heavy atom. The maximum atomic E-state index is 13.1. The van der Waals surface area contributed by atoms with Gasteiger partial charge in [0.1, 0.15) is 6.54 Å². The molecule has 0 spiro atoms. The third-order valence-corrected chi connectivity index (χ3v) is 6.94. The standard InChI is InChI=1S/C19H26N2O5S/c1-13-8-14(2)11-20(10-13)27(25,26)17-5-3-4-15(9-17)19(24)21(12-18(22)23)16-6-7-16/h3-5,9,13-14,16H,6-8,10-12H2,1-2H3,(H,22,23). The van der Waals surface area contributed by atoms with E-state index in [9.17, 15) is 18.0 Å². The zero-order chi connectivity index (χ0) is 19.8. The van der Waals surface area contributed by atoms with Gasteiger partial charge in [0.2, 0.25) is 10.0 Å². The molecule has 1 aromatic carbocycles. The third kappa shape index (κ3) is 4.50. The van der Waals surface area contributed by atoms with Gasteiger partial charge in [-0.25, -0.2) is 8.42 Å². The fourth-order valence-electron chi connectivity index (χ4n) is 3.81. The van der Waals surface area contributed by atoms with Crippen LogP contribution >= 0.6 is 0 Å². The molecule has 2 aliphatic rings. The molecule has 1 saturated carbocycles. The number of carbonyl (C=O) groups excluding carboxylic acids is 1. The fraction of sp³-hybridized carbons (Fsp3) is 0.579. The lowest BCUT2D eigenvalue weighted by Gasteiger charge is -2.34. The van der Waals surface area contributed by atoms with Gasteiger partial charge in [-0.15, -0.1) is 0 Å². The van der Waals surface area contributed by atoms with Crippen molar-refractivity contribution in [1.29, 1.82) is 0 Å². The predicted octanol–water partition coefficient (Wildman–Crippen LogP) is 2.04. The number of sulfonamides is 1. The number of carboxylic acid groups (broad SMARTS) is 1. The first-order valence-electron chi connectivity index (χ1n) is 9.31. The number of carboxylic acids is 1. The van der Waals surface area contributed by atoms with E-state index in [0.29, 0.717) is 13.1 Å². The highest BCUT2D eigenvalue weighted by Crippen LogP contribution is 2.30. The highest BCUT2D eigenvalue weighted by molar-refractivity contribution is 7.89. The van der Waals surface area contributed by atoms with Crippen LogP contribution in [0.15, 0.2) is 29.2 Å². The van der Waals surface area contributed by atoms with E-state index in [4.69, 9.17) is 5.11 Å². The second-order valence-corrected chi connectivity index (χ2v) is 9.79. The minimum Gasteiger partial charge on any atom is -0.480 e. The lowest BCUT2D eigenvalue weighted by Crippen LogP contribution is -2.42. The van der Waals surface area contributed by atoms with Crippen molar-refractivity contribution in [3.8, 4) is 0 Å². The summed E-state index contributed by atoms with van der Waals surface area (Å²) in [4.78, 5) is 25.3. The number of hydrogen-bond acceptors (Lipinski definition) is 4. The SMILES string of the molecule is CC1CC(C)CN(S(=O)(=O)c2cccc(C(=O)N(CC(=O)O)C3CC3)c2)C1. The molecule has 1 aliphatic heterocycles. The molecule has 2 fully saturated rings. The molecule has 7 nitrogen and oxygen atoms in total. The van der Waals surface area contributed by atoms with E-state index in [1.54, 1.807) is 12.1 Å². The molecule has 0 aromatic heterocycles. The van der Waals surface area contributed by atoms with E-state index in [-0.39, 0.29) is 34.9 Å². The van der Waals surface area contributed by atoms with Crippen LogP contribution < -0.4 is 0 Å². The van der Waals surface area contributed by atoms with E-state index in [1.165, 1.54) is 21.3 Å². The van der Waals surface area contributed by atoms with Crippen LogP contribution in [0.4, 0.5) is 0 Å². The van der Waals surface area contributed by atoms with Crippen molar-refractivity contribution in [2.24, 2.45) is 11.8 Å². The zero-order valence-electron chi connectivity index (χ0n) is 15.7. The monoisotopic (exact) mass is 394 g/mol. The lowest BCUT2D eigenvalue weighted by atomic mass is 9.94. The molecule has 27 heavy (non-hydrogen) atoms. The van der Waals surface area contributed by atoms with Gasteiger partial charge in [-0.1, -0.05) is 19.9 Å². The Hall–Kier alpha value is -1.93. The van der Waals surface area contributed by atoms with Crippen LogP contribution in [0.2, 0.25) is 0 Å². The van der Waals surface area contributed by atoms with E-state index in [2.05, 4.69) is 0 Å². The Morgan fingerprint density at radius 1 is 1.19 bits per heavy atom. The number of aliphatic carboxylic acids is 1. The van der Waals surface area contributed by atoms with Gasteiger partial charge in [-0.05, 0) is 49.3 Å². The minimum atomic E-state index is -3.69. The summed E-state index contributed by atoms with van der Waals surface area (Å²) in [5.41, 5.74) is 0.210. The van der Waals surface area contributed by atoms with Crippen LogP contribution in [-0.2, 0) is 14.8 Å². The summed E-state index contributed by atoms with van der Waals surface area (Å²) in [5, 5.41) is 9.06. The van der Waals surface area contributed by atoms with Crippen LogP contribution in [-0.4, -0.2) is 60.3 Å². The summed E-state index contributed by atoms with van der Waals surface area (Å²) in [6, 6.07) is 5.88. The molecule has 1 amide bonds. The molecule has 8 heteroatoms. The second-order valence-electron chi connectivity index (χ2n) is 7.85. The van der Waals surface area contributed by atoms with Crippen LogP contribution in [0.3, 0.4) is 0 Å². The first-order chi connectivity index (χ1) is 12.7. The third-order valence-electron chi connectivity index (χ3n) is 5.11. The van der Waals surface area contributed by atoms with E-state index in [0.717, 1.165) is 19.3 Å². The summed E-state index contributed by atoms with van der Waals surface area (Å²) >= 11 is 0. The van der Waals surface area contributed by atoms with Gasteiger partial charge in [0.25, 0.3) is 5.91 Å². The van der Waals surface area contributed by atoms with Gasteiger partial charge in [0.05, 0.1) is 4.90 Å². The molecule has 148 valence electrons. The highest BCUT2D eigenvalue weighted by Gasteiger charge is 2.35. The Bertz CT molecular complexity index is 824. The Balaban J connectivity index is 1.86. The molecule has 1 aromatic rings. The molecular weight excluding hydrogens is 368 g/mol. The van der Waals surface area contributed by atoms with Gasteiger partial charge >= 0.3 is 5.97 Å². The smallest absolute Gasteiger partial charge is 0.323 e. The zero-order valence-corrected chi connectivity index (χ0v) is 16.5. The summed E-state index contributed by atoms with van der Waals surface area (Å²) in [6.45, 7) is 4.65. The summed E-state index contributed by atoms with van der Waals surface area (Å²) in [6.07, 6.45) is 2.55. The molecule has 1 N–H and O–H groups in total. The first-order valence-corrected chi connectivity index (χ1v) is 10.8. The van der Waals surface area contributed by atoms with Gasteiger partial charge in [0, 0.05) is 24.7 Å². The van der Waals surface area contributed by atoms with Gasteiger partial charge in [0.15, 0.2) is 0 Å². The van der Waals surface area contributed by atoms with Crippen molar-refractivity contribution in [3.63, 3.8) is 0 Å². The molecule has 0 bridgehead atoms. The van der Waals surface area contributed by atoms with E-state index in [1.807, 2.05) is 13.8 Å². The van der Waals surface area contributed by atoms with Gasteiger partial charge in [-0.2, -0.15) is 4.31 Å². The average Bonchev–Trinajstić information content (AvgIpc) is 3.43. The second kappa shape index (κ2) is 7.59. The van der Waals surface area contributed by atoms with Crippen molar-refractivity contribution in [1.82, 2.24) is 9.21 Å². The molecule has 3 rings (SSSR count). The van der Waals surface area contributed by atoms with Crippen LogP contribution in [0.5, 0.6) is 0 Å². The summed E-state index contributed by atoms with van der Waals surface area (Å²) < 4.78 is 27.6. The van der Waals surface area contributed by atoms with Crippen molar-refractivity contribution < 1.29 is 23.1 Å². The molecule has 1 heterocycles. The fourth-order valence-corrected chi connectivity index (χ4v) is 5.53. The Labute approximate surface area is 160 Å². The molecule has 2 unspecified atom stereocenters. The molecule has 2 atom stereocenters. The normalized spacial score (nSPS) is 23.8. The number of piperidine rings is 1. The van der Waals surface area contributed by atoms with E-state index >= 15 is 0 Å². The highest BCUT2D eigenvalue weighted by atomic mass is 32.2. The van der Waals surface area contributed by atoms with E-state index < -0.39 is 21.9 Å². The summed E-state index contributed by atoms with van der Waals surface area (Å²) in [5.74, 6) is -0.934. The predicted molar refractivity (Wildman–Crippen MR) is 99.8 cm³/mol. The molecule has 0 radical (unpaired) electrons. The molecule has 1 aliphatic carbocycles. The number of benzene rings is 1. The lowest BCUT2D eigenvalue weighted by molar-refractivity contribution is -0.137. The summed E-state index contributed by atoms with van der Waals surface area (Å²) in [7, 11) is -3.69. The van der Waals surface area contributed by atoms with Crippen molar-refractivity contribution in [3.05, 3.63) is 29.8 Å². The minimum absolute atomic E-state index is 0.0716. The molecule has 1 saturated heterocycles. The van der Waals surface area contributed by atoms with Crippen molar-refractivity contribution in [2.45, 2.75) is 44.0 Å². The Kier molecular flexibility index (Phi) is 5.58. The largest absolute Gasteiger partial charge is 0.480 e. The van der Waals surface area contributed by atoms with Crippen LogP contribution in [0.25, 0.3) is 0 Å². The number of nitrogens with zero attached hydrogens (tertiary/aromatic N) is 2.